The van der Waals surface area contributed by atoms with Crippen LogP contribution in [0.4, 0.5) is 16.0 Å². The second-order valence-corrected chi connectivity index (χ2v) is 10.0. The van der Waals surface area contributed by atoms with Gasteiger partial charge >= 0.3 is 0 Å². The molecule has 0 radical (unpaired) electrons. The highest BCUT2D eigenvalue weighted by atomic mass is 19.1. The fourth-order valence-corrected chi connectivity index (χ4v) is 4.64. The van der Waals surface area contributed by atoms with Crippen LogP contribution in [0.1, 0.15) is 19.4 Å². The van der Waals surface area contributed by atoms with Crippen molar-refractivity contribution in [1.29, 1.82) is 0 Å². The van der Waals surface area contributed by atoms with E-state index in [9.17, 15) is 4.39 Å². The smallest absolute Gasteiger partial charge is 0.222 e. The maximum absolute atomic E-state index is 14.6. The molecule has 5 aromatic rings. The molecule has 6 rings (SSSR count). The molecule has 1 aliphatic rings. The van der Waals surface area contributed by atoms with Gasteiger partial charge < -0.3 is 19.7 Å². The van der Waals surface area contributed by atoms with E-state index < -0.39 is 5.82 Å². The van der Waals surface area contributed by atoms with Crippen molar-refractivity contribution in [1.82, 2.24) is 39.4 Å². The van der Waals surface area contributed by atoms with E-state index in [1.54, 1.807) is 41.5 Å². The van der Waals surface area contributed by atoms with Crippen molar-refractivity contribution in [3.8, 4) is 34.3 Å². The predicted octanol–water partition coefficient (Wildman–Crippen LogP) is 4.46. The highest BCUT2D eigenvalue weighted by Crippen LogP contribution is 2.35. The Hall–Kier alpha value is -4.58. The molecular formula is C28H30FN9O2. The van der Waals surface area contributed by atoms with Gasteiger partial charge in [0.2, 0.25) is 5.88 Å². The molecule has 11 nitrogen and oxygen atoms in total. The highest BCUT2D eigenvalue weighted by molar-refractivity contribution is 5.94. The Morgan fingerprint density at radius 3 is 2.88 bits per heavy atom. The molecule has 1 atom stereocenters. The summed E-state index contributed by atoms with van der Waals surface area (Å²) in [5.74, 6) is 2.08. The van der Waals surface area contributed by atoms with Gasteiger partial charge in [0.25, 0.3) is 0 Å². The number of halogens is 1. The third kappa shape index (κ3) is 4.93. The Labute approximate surface area is 230 Å². The van der Waals surface area contributed by atoms with E-state index in [0.717, 1.165) is 16.5 Å². The number of likely N-dealkylation sites (N-methyl/N-ethyl adjacent to an activating group) is 1. The summed E-state index contributed by atoms with van der Waals surface area (Å²) in [7, 11) is 5.72. The standard InChI is InChI=1S/C28H30FN9O2/c1-17-8-11-40-28-20(16-32-37(28)4)27-30-9-7-24(34-27)33-25-14-22-19(15-31-25)26(35-38(17)22)18-5-6-21(29)23(13-18)39-12-10-36(2)3/h5-7,9,13-17H,8,10-12H2,1-4H3,(H,30,31,33,34)/t17-/m0/s1. The van der Waals surface area contributed by atoms with E-state index in [1.807, 2.05) is 36.8 Å². The van der Waals surface area contributed by atoms with E-state index in [-0.39, 0.29) is 11.8 Å². The van der Waals surface area contributed by atoms with Gasteiger partial charge in [-0.25, -0.2) is 24.0 Å². The zero-order valence-electron chi connectivity index (χ0n) is 22.8. The van der Waals surface area contributed by atoms with Crippen LogP contribution >= 0.6 is 0 Å². The molecule has 40 heavy (non-hydrogen) atoms. The number of aromatic nitrogens is 7. The molecule has 1 aromatic carbocycles. The molecule has 5 heterocycles. The minimum atomic E-state index is -0.411. The quantitative estimate of drug-likeness (QED) is 0.344. The van der Waals surface area contributed by atoms with Crippen molar-refractivity contribution in [3.63, 3.8) is 0 Å². The van der Waals surface area contributed by atoms with Gasteiger partial charge in [0.05, 0.1) is 24.4 Å². The van der Waals surface area contributed by atoms with Crippen molar-refractivity contribution >= 4 is 22.5 Å². The molecule has 1 N–H and O–H groups in total. The fraction of sp³-hybridized carbons (Fsp3) is 0.321. The first-order valence-corrected chi connectivity index (χ1v) is 13.1. The molecule has 0 saturated heterocycles. The molecule has 4 bridgehead atoms. The Balaban J connectivity index is 1.42. The maximum Gasteiger partial charge on any atom is 0.222 e. The highest BCUT2D eigenvalue weighted by Gasteiger charge is 2.21. The molecule has 0 saturated carbocycles. The van der Waals surface area contributed by atoms with Crippen molar-refractivity contribution in [2.75, 3.05) is 39.2 Å². The zero-order chi connectivity index (χ0) is 27.8. The summed E-state index contributed by atoms with van der Waals surface area (Å²) in [4.78, 5) is 15.7. The Morgan fingerprint density at radius 1 is 1.15 bits per heavy atom. The number of rotatable bonds is 5. The fourth-order valence-electron chi connectivity index (χ4n) is 4.64. The molecule has 0 unspecified atom stereocenters. The third-order valence-corrected chi connectivity index (χ3v) is 6.82. The summed E-state index contributed by atoms with van der Waals surface area (Å²) in [6.07, 6.45) is 5.84. The molecular weight excluding hydrogens is 513 g/mol. The van der Waals surface area contributed by atoms with Gasteiger partial charge in [-0.05, 0) is 45.3 Å². The lowest BCUT2D eigenvalue weighted by atomic mass is 10.1. The number of nitrogens with one attached hydrogen (secondary N) is 1. The van der Waals surface area contributed by atoms with Crippen LogP contribution in [0.3, 0.4) is 0 Å². The van der Waals surface area contributed by atoms with Crippen LogP contribution < -0.4 is 14.8 Å². The van der Waals surface area contributed by atoms with Crippen LogP contribution in [0.15, 0.2) is 48.9 Å². The van der Waals surface area contributed by atoms with E-state index in [2.05, 4.69) is 32.3 Å². The number of benzene rings is 1. The topological polar surface area (TPSA) is 108 Å². The Morgan fingerprint density at radius 2 is 2.02 bits per heavy atom. The van der Waals surface area contributed by atoms with Crippen LogP contribution in [-0.4, -0.2) is 73.3 Å². The number of hydrogen-bond acceptors (Lipinski definition) is 9. The molecule has 1 aliphatic heterocycles. The summed E-state index contributed by atoms with van der Waals surface area (Å²) in [6, 6.07) is 8.54. The SMILES string of the molecule is C[C@H]1CCOc2c(cnn2C)-c2nccc(n2)Nc2cc3c(cn2)c(-c2ccc(F)c(OCCN(C)C)c2)nn31. The van der Waals surface area contributed by atoms with Crippen LogP contribution in [0.5, 0.6) is 11.6 Å². The second-order valence-electron chi connectivity index (χ2n) is 10.0. The number of hydrogen-bond donors (Lipinski definition) is 1. The van der Waals surface area contributed by atoms with Gasteiger partial charge in [0, 0.05) is 49.4 Å². The largest absolute Gasteiger partial charge is 0.489 e. The molecule has 12 heteroatoms. The van der Waals surface area contributed by atoms with Crippen LogP contribution in [-0.2, 0) is 7.05 Å². The molecule has 0 amide bonds. The minimum Gasteiger partial charge on any atom is -0.489 e. The Kier molecular flexibility index (Phi) is 6.76. The van der Waals surface area contributed by atoms with Gasteiger partial charge in [-0.3, -0.25) is 4.68 Å². The van der Waals surface area contributed by atoms with Gasteiger partial charge in [-0.15, -0.1) is 0 Å². The number of nitrogens with zero attached hydrogens (tertiary/aromatic N) is 8. The lowest BCUT2D eigenvalue weighted by Gasteiger charge is -2.16. The average Bonchev–Trinajstić information content (AvgIpc) is 3.49. The average molecular weight is 544 g/mol. The minimum absolute atomic E-state index is 0.0172. The van der Waals surface area contributed by atoms with Crippen molar-refractivity contribution < 1.29 is 13.9 Å². The van der Waals surface area contributed by atoms with Gasteiger partial charge in [0.15, 0.2) is 17.4 Å². The van der Waals surface area contributed by atoms with Crippen LogP contribution in [0.25, 0.3) is 33.5 Å². The van der Waals surface area contributed by atoms with Crippen molar-refractivity contribution in [3.05, 3.63) is 54.7 Å². The summed E-state index contributed by atoms with van der Waals surface area (Å²) in [6.45, 7) is 3.57. The van der Waals surface area contributed by atoms with Crippen molar-refractivity contribution in [2.24, 2.45) is 7.05 Å². The monoisotopic (exact) mass is 543 g/mol. The van der Waals surface area contributed by atoms with Gasteiger partial charge in [0.1, 0.15) is 29.5 Å². The lowest BCUT2D eigenvalue weighted by Crippen LogP contribution is -2.19. The summed E-state index contributed by atoms with van der Waals surface area (Å²) < 4.78 is 30.2. The van der Waals surface area contributed by atoms with Gasteiger partial charge in [-0.2, -0.15) is 10.2 Å². The van der Waals surface area contributed by atoms with E-state index in [1.165, 1.54) is 6.07 Å². The summed E-state index contributed by atoms with van der Waals surface area (Å²) >= 11 is 0. The predicted molar refractivity (Wildman–Crippen MR) is 149 cm³/mol. The van der Waals surface area contributed by atoms with E-state index in [0.29, 0.717) is 60.8 Å². The number of pyridine rings is 1. The first kappa shape index (κ1) is 25.7. The second kappa shape index (κ2) is 10.5. The summed E-state index contributed by atoms with van der Waals surface area (Å²) in [5.41, 5.74) is 3.03. The zero-order valence-corrected chi connectivity index (χ0v) is 22.8. The van der Waals surface area contributed by atoms with Crippen LogP contribution in [0, 0.1) is 5.82 Å². The number of aryl methyl sites for hydroxylation is 1. The van der Waals surface area contributed by atoms with Crippen molar-refractivity contribution in [2.45, 2.75) is 19.4 Å². The third-order valence-electron chi connectivity index (χ3n) is 6.82. The number of fused-ring (bicyclic) bond motifs is 5. The molecule has 0 aliphatic carbocycles. The normalized spacial score (nSPS) is 15.0. The first-order chi connectivity index (χ1) is 19.4. The lowest BCUT2D eigenvalue weighted by molar-refractivity contribution is 0.252. The molecule has 0 spiro atoms. The number of anilines is 2. The van der Waals surface area contributed by atoms with Gasteiger partial charge in [-0.1, -0.05) is 0 Å². The van der Waals surface area contributed by atoms with E-state index in [4.69, 9.17) is 14.6 Å². The Bertz CT molecular complexity index is 1680. The molecule has 0 fully saturated rings. The number of ether oxygens (including phenoxy) is 2. The van der Waals surface area contributed by atoms with E-state index >= 15 is 0 Å². The van der Waals surface area contributed by atoms with Crippen LogP contribution in [0.2, 0.25) is 0 Å². The summed E-state index contributed by atoms with van der Waals surface area (Å²) in [5, 5.41) is 13.5. The first-order valence-electron chi connectivity index (χ1n) is 13.1. The maximum atomic E-state index is 14.6. The molecule has 206 valence electrons. The molecule has 4 aromatic heterocycles.